The first-order valence-electron chi connectivity index (χ1n) is 5.76. The summed E-state index contributed by atoms with van der Waals surface area (Å²) < 4.78 is 6.22. The zero-order chi connectivity index (χ0) is 14.9. The lowest BCUT2D eigenvalue weighted by molar-refractivity contribution is 0.0593. The van der Waals surface area contributed by atoms with Gasteiger partial charge in [0.15, 0.2) is 5.69 Å². The molecule has 1 aromatic carbocycles. The molecule has 0 amide bonds. The van der Waals surface area contributed by atoms with Crippen LogP contribution in [0.4, 0.5) is 5.69 Å². The molecule has 2 aromatic rings. The molecule has 0 radical (unpaired) electrons. The molecule has 1 heterocycles. The summed E-state index contributed by atoms with van der Waals surface area (Å²) in [5.74, 6) is -0.622. The number of hydrogen-bond donors (Lipinski definition) is 1. The third-order valence-corrected chi connectivity index (χ3v) is 3.28. The lowest BCUT2D eigenvalue weighted by Crippen LogP contribution is -2.12. The topological polar surface area (TPSA) is 81.0 Å². The molecule has 20 heavy (non-hydrogen) atoms. The Morgan fingerprint density at radius 2 is 2.20 bits per heavy atom. The third kappa shape index (κ3) is 2.10. The van der Waals surface area contributed by atoms with Crippen molar-refractivity contribution in [3.8, 4) is 11.8 Å². The standard InChI is InChI=1S/C14H12ClN3O2/c1-8-4-3-5-10(15)12(8)18-7-9(6-16)11(17)13(18)14(19)20-2/h3-5,7H,17H2,1-2H3. The summed E-state index contributed by atoms with van der Waals surface area (Å²) in [7, 11) is 1.25. The van der Waals surface area contributed by atoms with Gasteiger partial charge in [-0.2, -0.15) is 5.26 Å². The fourth-order valence-electron chi connectivity index (χ4n) is 2.02. The largest absolute Gasteiger partial charge is 0.464 e. The number of methoxy groups -OCH3 is 1. The molecule has 2 N–H and O–H groups in total. The Morgan fingerprint density at radius 3 is 2.75 bits per heavy atom. The Balaban J connectivity index is 2.81. The highest BCUT2D eigenvalue weighted by Gasteiger charge is 2.23. The second-order valence-electron chi connectivity index (χ2n) is 4.18. The molecule has 2 rings (SSSR count). The summed E-state index contributed by atoms with van der Waals surface area (Å²) in [6.45, 7) is 1.85. The number of anilines is 1. The van der Waals surface area contributed by atoms with E-state index in [0.29, 0.717) is 10.7 Å². The summed E-state index contributed by atoms with van der Waals surface area (Å²) in [6, 6.07) is 7.30. The number of aromatic nitrogens is 1. The number of nitrogen functional groups attached to an aromatic ring is 1. The van der Waals surface area contributed by atoms with E-state index in [4.69, 9.17) is 27.3 Å². The number of esters is 1. The van der Waals surface area contributed by atoms with Crippen LogP contribution in [-0.2, 0) is 4.74 Å². The summed E-state index contributed by atoms with van der Waals surface area (Å²) in [5, 5.41) is 9.52. The van der Waals surface area contributed by atoms with Gasteiger partial charge >= 0.3 is 5.97 Å². The van der Waals surface area contributed by atoms with E-state index in [1.807, 2.05) is 19.1 Å². The van der Waals surface area contributed by atoms with E-state index in [0.717, 1.165) is 5.56 Å². The minimum Gasteiger partial charge on any atom is -0.464 e. The molecular weight excluding hydrogens is 278 g/mol. The lowest BCUT2D eigenvalue weighted by Gasteiger charge is -2.12. The molecular formula is C14H12ClN3O2. The van der Waals surface area contributed by atoms with Crippen LogP contribution in [0.15, 0.2) is 24.4 Å². The van der Waals surface area contributed by atoms with Crippen LogP contribution < -0.4 is 5.73 Å². The summed E-state index contributed by atoms with van der Waals surface area (Å²) >= 11 is 6.19. The number of carbonyl (C=O) groups excluding carboxylic acids is 1. The molecule has 0 aliphatic heterocycles. The van der Waals surface area contributed by atoms with Crippen LogP contribution in [0.2, 0.25) is 5.02 Å². The molecule has 0 unspecified atom stereocenters. The SMILES string of the molecule is COC(=O)c1c(N)c(C#N)cn1-c1c(C)cccc1Cl. The van der Waals surface area contributed by atoms with Gasteiger partial charge in [-0.3, -0.25) is 0 Å². The van der Waals surface area contributed by atoms with Gasteiger partial charge < -0.3 is 15.0 Å². The normalized spacial score (nSPS) is 10.1. The van der Waals surface area contributed by atoms with Crippen LogP contribution in [0.5, 0.6) is 0 Å². The minimum atomic E-state index is -0.622. The average Bonchev–Trinajstić information content (AvgIpc) is 2.74. The number of carbonyl (C=O) groups is 1. The van der Waals surface area contributed by atoms with Crippen molar-refractivity contribution in [2.45, 2.75) is 6.92 Å². The third-order valence-electron chi connectivity index (χ3n) is 2.97. The van der Waals surface area contributed by atoms with E-state index < -0.39 is 5.97 Å². The second kappa shape index (κ2) is 5.27. The van der Waals surface area contributed by atoms with Gasteiger partial charge in [-0.05, 0) is 18.6 Å². The molecule has 0 fully saturated rings. The highest BCUT2D eigenvalue weighted by Crippen LogP contribution is 2.30. The number of nitriles is 1. The molecule has 0 saturated heterocycles. The molecule has 6 heteroatoms. The van der Waals surface area contributed by atoms with E-state index in [1.54, 1.807) is 12.1 Å². The lowest BCUT2D eigenvalue weighted by atomic mass is 10.2. The van der Waals surface area contributed by atoms with E-state index in [9.17, 15) is 4.79 Å². The molecule has 0 aliphatic rings. The van der Waals surface area contributed by atoms with E-state index in [-0.39, 0.29) is 16.9 Å². The van der Waals surface area contributed by atoms with Gasteiger partial charge in [0.05, 0.1) is 29.1 Å². The van der Waals surface area contributed by atoms with Gasteiger partial charge in [0.1, 0.15) is 6.07 Å². The number of benzene rings is 1. The number of hydrogen-bond acceptors (Lipinski definition) is 4. The van der Waals surface area contributed by atoms with Crippen LogP contribution in [0.1, 0.15) is 21.6 Å². The van der Waals surface area contributed by atoms with Crippen molar-refractivity contribution in [1.82, 2.24) is 4.57 Å². The first-order valence-corrected chi connectivity index (χ1v) is 6.13. The maximum Gasteiger partial charge on any atom is 0.357 e. The van der Waals surface area contributed by atoms with Gasteiger partial charge in [0.2, 0.25) is 0 Å². The first kappa shape index (κ1) is 14.0. The Labute approximate surface area is 121 Å². The fraction of sp³-hybridized carbons (Fsp3) is 0.143. The molecule has 5 nitrogen and oxygen atoms in total. The molecule has 102 valence electrons. The van der Waals surface area contributed by atoms with Crippen molar-refractivity contribution in [2.75, 3.05) is 12.8 Å². The second-order valence-corrected chi connectivity index (χ2v) is 4.59. The van der Waals surface area contributed by atoms with Crippen molar-refractivity contribution in [1.29, 1.82) is 5.26 Å². The maximum absolute atomic E-state index is 11.9. The van der Waals surface area contributed by atoms with Crippen LogP contribution in [-0.4, -0.2) is 17.6 Å². The van der Waals surface area contributed by atoms with Gasteiger partial charge in [-0.15, -0.1) is 0 Å². The van der Waals surface area contributed by atoms with Crippen molar-refractivity contribution in [2.24, 2.45) is 0 Å². The Morgan fingerprint density at radius 1 is 1.50 bits per heavy atom. The van der Waals surface area contributed by atoms with Crippen LogP contribution in [0.3, 0.4) is 0 Å². The number of nitrogens with two attached hydrogens (primary N) is 1. The van der Waals surface area contributed by atoms with Crippen molar-refractivity contribution < 1.29 is 9.53 Å². The monoisotopic (exact) mass is 289 g/mol. The zero-order valence-electron chi connectivity index (χ0n) is 11.0. The Hall–Kier alpha value is -2.45. The van der Waals surface area contributed by atoms with Gasteiger partial charge in [0, 0.05) is 6.20 Å². The molecule has 0 aliphatic carbocycles. The van der Waals surface area contributed by atoms with E-state index >= 15 is 0 Å². The molecule has 0 saturated carbocycles. The predicted octanol–water partition coefficient (Wildman–Crippen LogP) is 2.68. The highest BCUT2D eigenvalue weighted by molar-refractivity contribution is 6.32. The van der Waals surface area contributed by atoms with Gasteiger partial charge in [0.25, 0.3) is 0 Å². The molecule has 0 bridgehead atoms. The quantitative estimate of drug-likeness (QED) is 0.862. The maximum atomic E-state index is 11.9. The van der Waals surface area contributed by atoms with Crippen LogP contribution in [0.25, 0.3) is 5.69 Å². The summed E-state index contributed by atoms with van der Waals surface area (Å²) in [4.78, 5) is 11.9. The van der Waals surface area contributed by atoms with Gasteiger partial charge in [-0.1, -0.05) is 23.7 Å². The number of para-hydroxylation sites is 1. The highest BCUT2D eigenvalue weighted by atomic mass is 35.5. The smallest absolute Gasteiger partial charge is 0.357 e. The van der Waals surface area contributed by atoms with Crippen LogP contribution in [0, 0.1) is 18.3 Å². The van der Waals surface area contributed by atoms with E-state index in [2.05, 4.69) is 0 Å². The average molecular weight is 290 g/mol. The molecule has 0 atom stereocenters. The number of halogens is 1. The van der Waals surface area contributed by atoms with Crippen molar-refractivity contribution in [3.63, 3.8) is 0 Å². The summed E-state index contributed by atoms with van der Waals surface area (Å²) in [6.07, 6.45) is 1.48. The minimum absolute atomic E-state index is 0.0821. The fourth-order valence-corrected chi connectivity index (χ4v) is 2.33. The zero-order valence-corrected chi connectivity index (χ0v) is 11.7. The van der Waals surface area contributed by atoms with Crippen molar-refractivity contribution in [3.05, 3.63) is 46.2 Å². The predicted molar refractivity (Wildman–Crippen MR) is 76.0 cm³/mol. The number of nitrogens with zero attached hydrogens (tertiary/aromatic N) is 2. The number of ether oxygens (including phenoxy) is 1. The summed E-state index contributed by atoms with van der Waals surface area (Å²) in [5.41, 5.74) is 7.67. The number of aryl methyl sites for hydroxylation is 1. The van der Waals surface area contributed by atoms with Crippen molar-refractivity contribution >= 4 is 23.3 Å². The Kier molecular flexibility index (Phi) is 3.68. The first-order chi connectivity index (χ1) is 9.51. The number of rotatable bonds is 2. The molecule has 0 spiro atoms. The van der Waals surface area contributed by atoms with Gasteiger partial charge in [-0.25, -0.2) is 4.79 Å². The molecule has 1 aromatic heterocycles. The van der Waals surface area contributed by atoms with Crippen LogP contribution >= 0.6 is 11.6 Å². The van der Waals surface area contributed by atoms with E-state index in [1.165, 1.54) is 17.9 Å². The Bertz CT molecular complexity index is 709.